The monoisotopic (exact) mass is 292 g/mol. The van der Waals surface area contributed by atoms with Gasteiger partial charge in [-0.2, -0.15) is 0 Å². The second kappa shape index (κ2) is 5.49. The van der Waals surface area contributed by atoms with Gasteiger partial charge in [-0.1, -0.05) is 0 Å². The average Bonchev–Trinajstić information content (AvgIpc) is 2.77. The number of nitro groups is 1. The summed E-state index contributed by atoms with van der Waals surface area (Å²) in [4.78, 5) is 24.7. The van der Waals surface area contributed by atoms with Crippen molar-refractivity contribution in [3.63, 3.8) is 0 Å². The van der Waals surface area contributed by atoms with Crippen LogP contribution in [0.4, 0.5) is 17.3 Å². The van der Waals surface area contributed by atoms with Crippen molar-refractivity contribution in [3.05, 3.63) is 45.4 Å². The fraction of sp³-hybridized carbons (Fsp3) is 0.167. The summed E-state index contributed by atoms with van der Waals surface area (Å²) in [5, 5.41) is 22.4. The SMILES string of the molecule is Cc1oc(CNc2ccc([N+](=O)[O-])c(N)n2)cc1C(=O)O. The van der Waals surface area contributed by atoms with Gasteiger partial charge in [-0.05, 0) is 19.1 Å². The van der Waals surface area contributed by atoms with Gasteiger partial charge in [-0.15, -0.1) is 0 Å². The zero-order valence-corrected chi connectivity index (χ0v) is 11.0. The third-order valence-electron chi connectivity index (χ3n) is 2.74. The number of pyridine rings is 1. The van der Waals surface area contributed by atoms with E-state index >= 15 is 0 Å². The molecule has 0 amide bonds. The molecule has 2 rings (SSSR count). The number of aromatic nitrogens is 1. The van der Waals surface area contributed by atoms with E-state index in [1.807, 2.05) is 0 Å². The number of anilines is 2. The summed E-state index contributed by atoms with van der Waals surface area (Å²) >= 11 is 0. The number of nitrogens with zero attached hydrogens (tertiary/aromatic N) is 2. The molecule has 0 unspecified atom stereocenters. The van der Waals surface area contributed by atoms with E-state index in [1.54, 1.807) is 6.92 Å². The molecule has 2 aromatic rings. The van der Waals surface area contributed by atoms with E-state index in [4.69, 9.17) is 15.3 Å². The Morgan fingerprint density at radius 1 is 1.57 bits per heavy atom. The van der Waals surface area contributed by atoms with Crippen LogP contribution >= 0.6 is 0 Å². The molecule has 0 atom stereocenters. The summed E-state index contributed by atoms with van der Waals surface area (Å²) in [6.45, 7) is 1.73. The third kappa shape index (κ3) is 3.08. The third-order valence-corrected chi connectivity index (χ3v) is 2.74. The number of carbonyl (C=O) groups is 1. The molecule has 110 valence electrons. The Bertz CT molecular complexity index is 710. The first-order valence-corrected chi connectivity index (χ1v) is 5.86. The van der Waals surface area contributed by atoms with Crippen molar-refractivity contribution < 1.29 is 19.2 Å². The molecule has 4 N–H and O–H groups in total. The molecular formula is C12H12N4O5. The molecule has 0 fully saturated rings. The summed E-state index contributed by atoms with van der Waals surface area (Å²) in [7, 11) is 0. The molecule has 21 heavy (non-hydrogen) atoms. The van der Waals surface area contributed by atoms with Gasteiger partial charge < -0.3 is 20.6 Å². The van der Waals surface area contributed by atoms with Crippen LogP contribution in [0.5, 0.6) is 0 Å². The van der Waals surface area contributed by atoms with E-state index in [1.165, 1.54) is 18.2 Å². The van der Waals surface area contributed by atoms with Crippen molar-refractivity contribution in [1.82, 2.24) is 4.98 Å². The van der Waals surface area contributed by atoms with Crippen LogP contribution < -0.4 is 11.1 Å². The van der Waals surface area contributed by atoms with Gasteiger partial charge in [0.1, 0.15) is 22.9 Å². The van der Waals surface area contributed by atoms with E-state index < -0.39 is 10.9 Å². The topological polar surface area (TPSA) is 145 Å². The normalized spacial score (nSPS) is 10.3. The fourth-order valence-electron chi connectivity index (χ4n) is 1.74. The minimum absolute atomic E-state index is 0.0861. The average molecular weight is 292 g/mol. The number of nitrogens with one attached hydrogen (secondary N) is 1. The van der Waals surface area contributed by atoms with Crippen molar-refractivity contribution in [3.8, 4) is 0 Å². The number of rotatable bonds is 5. The second-order valence-corrected chi connectivity index (χ2v) is 4.20. The van der Waals surface area contributed by atoms with Gasteiger partial charge in [-0.3, -0.25) is 10.1 Å². The fourth-order valence-corrected chi connectivity index (χ4v) is 1.74. The van der Waals surface area contributed by atoms with Crippen molar-refractivity contribution in [2.45, 2.75) is 13.5 Å². The summed E-state index contributed by atoms with van der Waals surface area (Å²) in [6, 6.07) is 4.04. The first kappa shape index (κ1) is 14.3. The first-order valence-electron chi connectivity index (χ1n) is 5.86. The predicted octanol–water partition coefficient (Wildman–Crippen LogP) is 1.78. The Labute approximate surface area is 118 Å². The highest BCUT2D eigenvalue weighted by Crippen LogP contribution is 2.21. The molecule has 9 heteroatoms. The molecule has 0 saturated heterocycles. The molecule has 0 aliphatic carbocycles. The standard InChI is InChI=1S/C12H12N4O5/c1-6-8(12(17)18)4-7(21-6)5-14-10-3-2-9(16(19)20)11(13)15-10/h2-4H,5H2,1H3,(H,17,18)(H3,13,14,15). The second-order valence-electron chi connectivity index (χ2n) is 4.20. The Hall–Kier alpha value is -3.10. The van der Waals surface area contributed by atoms with Crippen LogP contribution in [0.25, 0.3) is 0 Å². The molecule has 9 nitrogen and oxygen atoms in total. The summed E-state index contributed by atoms with van der Waals surface area (Å²) in [5.41, 5.74) is 5.28. The van der Waals surface area contributed by atoms with E-state index in [-0.39, 0.29) is 23.6 Å². The molecule has 0 aromatic carbocycles. The zero-order valence-electron chi connectivity index (χ0n) is 11.0. The quantitative estimate of drug-likeness (QED) is 0.558. The number of hydrogen-bond donors (Lipinski definition) is 3. The van der Waals surface area contributed by atoms with Gasteiger partial charge >= 0.3 is 11.7 Å². The van der Waals surface area contributed by atoms with Crippen LogP contribution in [0.3, 0.4) is 0 Å². The Morgan fingerprint density at radius 2 is 2.29 bits per heavy atom. The summed E-state index contributed by atoms with van der Waals surface area (Å²) in [5.74, 6) is -0.241. The van der Waals surface area contributed by atoms with Crippen LogP contribution in [0, 0.1) is 17.0 Å². The molecule has 2 aromatic heterocycles. The maximum absolute atomic E-state index is 10.9. The van der Waals surface area contributed by atoms with Crippen molar-refractivity contribution >= 4 is 23.3 Å². The molecule has 2 heterocycles. The first-order chi connectivity index (χ1) is 9.88. The smallest absolute Gasteiger partial charge is 0.339 e. The minimum atomic E-state index is -1.07. The lowest BCUT2D eigenvalue weighted by molar-refractivity contribution is -0.384. The van der Waals surface area contributed by atoms with Crippen LogP contribution in [-0.4, -0.2) is 21.0 Å². The number of furan rings is 1. The van der Waals surface area contributed by atoms with Crippen LogP contribution in [0.2, 0.25) is 0 Å². The Morgan fingerprint density at radius 3 is 2.81 bits per heavy atom. The Kier molecular flexibility index (Phi) is 3.74. The van der Waals surface area contributed by atoms with Gasteiger partial charge in [0.15, 0.2) is 0 Å². The molecule has 0 spiro atoms. The van der Waals surface area contributed by atoms with E-state index in [9.17, 15) is 14.9 Å². The number of nitrogens with two attached hydrogens (primary N) is 1. The van der Waals surface area contributed by atoms with Gasteiger partial charge in [0.05, 0.1) is 11.5 Å². The predicted molar refractivity (Wildman–Crippen MR) is 73.0 cm³/mol. The number of carboxylic acids is 1. The highest BCUT2D eigenvalue weighted by atomic mass is 16.6. The lowest BCUT2D eigenvalue weighted by Gasteiger charge is -2.04. The van der Waals surface area contributed by atoms with Crippen LogP contribution in [-0.2, 0) is 6.54 Å². The highest BCUT2D eigenvalue weighted by Gasteiger charge is 2.15. The number of aryl methyl sites for hydroxylation is 1. The van der Waals surface area contributed by atoms with Crippen LogP contribution in [0.15, 0.2) is 22.6 Å². The van der Waals surface area contributed by atoms with Gasteiger partial charge in [-0.25, -0.2) is 9.78 Å². The lowest BCUT2D eigenvalue weighted by Crippen LogP contribution is -2.04. The van der Waals surface area contributed by atoms with Gasteiger partial charge in [0.2, 0.25) is 5.82 Å². The number of aromatic carboxylic acids is 1. The largest absolute Gasteiger partial charge is 0.478 e. The van der Waals surface area contributed by atoms with E-state index in [0.717, 1.165) is 0 Å². The number of nitrogen functional groups attached to an aromatic ring is 1. The van der Waals surface area contributed by atoms with Crippen molar-refractivity contribution in [2.24, 2.45) is 0 Å². The van der Waals surface area contributed by atoms with E-state index in [0.29, 0.717) is 17.3 Å². The van der Waals surface area contributed by atoms with Gasteiger partial charge in [0.25, 0.3) is 0 Å². The molecule has 0 aliphatic heterocycles. The molecular weight excluding hydrogens is 280 g/mol. The minimum Gasteiger partial charge on any atom is -0.478 e. The summed E-state index contributed by atoms with van der Waals surface area (Å²) in [6.07, 6.45) is 0. The number of carboxylic acid groups (broad SMARTS) is 1. The molecule has 0 radical (unpaired) electrons. The maximum atomic E-state index is 10.9. The Balaban J connectivity index is 2.10. The maximum Gasteiger partial charge on any atom is 0.339 e. The van der Waals surface area contributed by atoms with Gasteiger partial charge in [0, 0.05) is 6.07 Å². The number of hydrogen-bond acceptors (Lipinski definition) is 7. The zero-order chi connectivity index (χ0) is 15.6. The van der Waals surface area contributed by atoms with Crippen molar-refractivity contribution in [1.29, 1.82) is 0 Å². The summed E-state index contributed by atoms with van der Waals surface area (Å²) < 4.78 is 5.28. The molecule has 0 bridgehead atoms. The van der Waals surface area contributed by atoms with Crippen LogP contribution in [0.1, 0.15) is 21.9 Å². The van der Waals surface area contributed by atoms with Crippen molar-refractivity contribution in [2.75, 3.05) is 11.1 Å². The molecule has 0 aliphatic rings. The lowest BCUT2D eigenvalue weighted by atomic mass is 10.2. The highest BCUT2D eigenvalue weighted by molar-refractivity contribution is 5.88. The van der Waals surface area contributed by atoms with E-state index in [2.05, 4.69) is 10.3 Å². The molecule has 0 saturated carbocycles.